The molecule has 7 heteroatoms. The van der Waals surface area contributed by atoms with Crippen molar-refractivity contribution < 1.29 is 19.4 Å². The van der Waals surface area contributed by atoms with Crippen LogP contribution in [0.5, 0.6) is 23.0 Å². The number of ether oxygens (including phenoxy) is 2. The molecule has 0 aromatic heterocycles. The summed E-state index contributed by atoms with van der Waals surface area (Å²) >= 11 is 0. The summed E-state index contributed by atoms with van der Waals surface area (Å²) in [6, 6.07) is 21.7. The average Bonchev–Trinajstić information content (AvgIpc) is 2.68. The van der Waals surface area contributed by atoms with Crippen LogP contribution in [0.1, 0.15) is 11.1 Å². The van der Waals surface area contributed by atoms with Crippen molar-refractivity contribution in [3.8, 4) is 35.1 Å². The number of benzene rings is 3. The van der Waals surface area contributed by atoms with Crippen LogP contribution >= 0.6 is 0 Å². The number of nitrogens with one attached hydrogen (secondary N) is 1. The molecule has 0 saturated heterocycles. The van der Waals surface area contributed by atoms with Crippen LogP contribution in [0.3, 0.4) is 0 Å². The Morgan fingerprint density at radius 1 is 0.750 bits per heavy atom. The maximum atomic E-state index is 11.0. The summed E-state index contributed by atoms with van der Waals surface area (Å²) in [5, 5.41) is 29.0. The van der Waals surface area contributed by atoms with Gasteiger partial charge in [0.05, 0.1) is 29.0 Å². The number of rotatable bonds is 5. The van der Waals surface area contributed by atoms with Crippen molar-refractivity contribution in [1.82, 2.24) is 0 Å². The molecule has 3 rings (SSSR count). The number of carbonyl (C=O) groups is 1. The summed E-state index contributed by atoms with van der Waals surface area (Å²) in [6.45, 7) is 0. The van der Waals surface area contributed by atoms with Crippen LogP contribution in [0, 0.1) is 22.7 Å². The van der Waals surface area contributed by atoms with E-state index in [4.69, 9.17) is 25.1 Å². The number of carboxylic acid groups (broad SMARTS) is 1. The molecule has 0 spiro atoms. The fraction of sp³-hybridized carbons (Fsp3) is 0. The van der Waals surface area contributed by atoms with Crippen molar-refractivity contribution in [3.05, 3.63) is 77.9 Å². The Hall–Kier alpha value is -4.49. The van der Waals surface area contributed by atoms with Crippen molar-refractivity contribution in [2.75, 3.05) is 5.32 Å². The molecule has 0 heterocycles. The lowest BCUT2D eigenvalue weighted by Crippen LogP contribution is -2.07. The topological polar surface area (TPSA) is 115 Å². The SMILES string of the molecule is N#Cc1ccc(Oc2cc(NC(=O)O)cc(Oc3ccc(C#N)cc3)c2)cc1. The summed E-state index contributed by atoms with van der Waals surface area (Å²) in [6.07, 6.45) is -1.22. The molecule has 0 aliphatic heterocycles. The molecule has 7 nitrogen and oxygen atoms in total. The molecule has 0 atom stereocenters. The highest BCUT2D eigenvalue weighted by molar-refractivity contribution is 5.83. The Labute approximate surface area is 160 Å². The van der Waals surface area contributed by atoms with Crippen LogP contribution in [-0.4, -0.2) is 11.2 Å². The molecule has 1 amide bonds. The van der Waals surface area contributed by atoms with Crippen molar-refractivity contribution in [1.29, 1.82) is 10.5 Å². The van der Waals surface area contributed by atoms with E-state index in [1.807, 2.05) is 12.1 Å². The second-order valence-corrected chi connectivity index (χ2v) is 5.60. The lowest BCUT2D eigenvalue weighted by Gasteiger charge is -2.12. The Bertz CT molecular complexity index is 1000. The summed E-state index contributed by atoms with van der Waals surface area (Å²) < 4.78 is 11.5. The van der Waals surface area contributed by atoms with E-state index in [-0.39, 0.29) is 5.69 Å². The fourth-order valence-electron chi connectivity index (χ4n) is 2.35. The van der Waals surface area contributed by atoms with E-state index in [9.17, 15) is 4.79 Å². The van der Waals surface area contributed by atoms with Gasteiger partial charge >= 0.3 is 6.09 Å². The normalized spacial score (nSPS) is 9.64. The first-order valence-electron chi connectivity index (χ1n) is 8.07. The molecule has 3 aromatic carbocycles. The number of amides is 1. The molecule has 0 bridgehead atoms. The molecule has 0 saturated carbocycles. The first-order chi connectivity index (χ1) is 13.6. The zero-order valence-electron chi connectivity index (χ0n) is 14.4. The van der Waals surface area contributed by atoms with E-state index in [1.54, 1.807) is 54.6 Å². The van der Waals surface area contributed by atoms with Crippen LogP contribution in [0.4, 0.5) is 10.5 Å². The molecule has 0 aliphatic carbocycles. The lowest BCUT2D eigenvalue weighted by atomic mass is 10.2. The van der Waals surface area contributed by atoms with E-state index in [1.165, 1.54) is 12.1 Å². The summed E-state index contributed by atoms with van der Waals surface area (Å²) in [7, 11) is 0. The van der Waals surface area contributed by atoms with Gasteiger partial charge in [-0.15, -0.1) is 0 Å². The van der Waals surface area contributed by atoms with Crippen molar-refractivity contribution in [2.24, 2.45) is 0 Å². The van der Waals surface area contributed by atoms with Gasteiger partial charge in [0.2, 0.25) is 0 Å². The van der Waals surface area contributed by atoms with Crippen LogP contribution in [0.25, 0.3) is 0 Å². The third kappa shape index (κ3) is 4.78. The Kier molecular flexibility index (Phi) is 5.40. The minimum Gasteiger partial charge on any atom is -0.465 e. The zero-order valence-corrected chi connectivity index (χ0v) is 14.4. The third-order valence-electron chi connectivity index (χ3n) is 3.57. The number of hydrogen-bond acceptors (Lipinski definition) is 5. The summed E-state index contributed by atoms with van der Waals surface area (Å²) in [5.41, 5.74) is 1.26. The van der Waals surface area contributed by atoms with Gasteiger partial charge in [0.25, 0.3) is 0 Å². The van der Waals surface area contributed by atoms with E-state index in [0.717, 1.165) is 0 Å². The lowest BCUT2D eigenvalue weighted by molar-refractivity contribution is 0.209. The van der Waals surface area contributed by atoms with Gasteiger partial charge in [-0.25, -0.2) is 4.79 Å². The number of nitrogens with zero attached hydrogens (tertiary/aromatic N) is 2. The highest BCUT2D eigenvalue weighted by atomic mass is 16.5. The molecular formula is C21H13N3O4. The summed E-state index contributed by atoms with van der Waals surface area (Å²) in [5.74, 6) is 1.66. The largest absolute Gasteiger partial charge is 0.465 e. The molecule has 0 fully saturated rings. The first kappa shape index (κ1) is 18.3. The summed E-state index contributed by atoms with van der Waals surface area (Å²) in [4.78, 5) is 11.0. The molecule has 3 aromatic rings. The standard InChI is InChI=1S/C21H13N3O4/c22-12-14-1-5-17(6-2-14)27-19-9-16(24-21(25)26)10-20(11-19)28-18-7-3-15(13-23)4-8-18/h1-11,24H,(H,25,26). The predicted octanol–water partition coefficient (Wildman–Crippen LogP) is 5.10. The molecule has 0 aliphatic rings. The maximum Gasteiger partial charge on any atom is 0.409 e. The van der Waals surface area contributed by atoms with Crippen LogP contribution < -0.4 is 14.8 Å². The van der Waals surface area contributed by atoms with Gasteiger partial charge in [0.1, 0.15) is 23.0 Å². The first-order valence-corrected chi connectivity index (χ1v) is 8.07. The van der Waals surface area contributed by atoms with E-state index < -0.39 is 6.09 Å². The van der Waals surface area contributed by atoms with E-state index in [0.29, 0.717) is 34.1 Å². The van der Waals surface area contributed by atoms with Crippen LogP contribution in [0.2, 0.25) is 0 Å². The van der Waals surface area contributed by atoms with Gasteiger partial charge in [-0.1, -0.05) is 0 Å². The second kappa shape index (κ2) is 8.26. The monoisotopic (exact) mass is 371 g/mol. The molecule has 0 unspecified atom stereocenters. The average molecular weight is 371 g/mol. The van der Waals surface area contributed by atoms with E-state index in [2.05, 4.69) is 5.32 Å². The van der Waals surface area contributed by atoms with E-state index >= 15 is 0 Å². The molecule has 0 radical (unpaired) electrons. The predicted molar refractivity (Wildman–Crippen MR) is 101 cm³/mol. The van der Waals surface area contributed by atoms with Crippen molar-refractivity contribution >= 4 is 11.8 Å². The number of hydrogen-bond donors (Lipinski definition) is 2. The number of nitriles is 2. The highest BCUT2D eigenvalue weighted by Crippen LogP contribution is 2.32. The van der Waals surface area contributed by atoms with Gasteiger partial charge in [-0.3, -0.25) is 5.32 Å². The Morgan fingerprint density at radius 2 is 1.18 bits per heavy atom. The maximum absolute atomic E-state index is 11.0. The molecule has 136 valence electrons. The van der Waals surface area contributed by atoms with Crippen molar-refractivity contribution in [3.63, 3.8) is 0 Å². The van der Waals surface area contributed by atoms with Gasteiger partial charge in [0.15, 0.2) is 0 Å². The van der Waals surface area contributed by atoms with Crippen LogP contribution in [-0.2, 0) is 0 Å². The van der Waals surface area contributed by atoms with Crippen molar-refractivity contribution in [2.45, 2.75) is 0 Å². The number of anilines is 1. The van der Waals surface area contributed by atoms with Gasteiger partial charge in [-0.2, -0.15) is 10.5 Å². The third-order valence-corrected chi connectivity index (χ3v) is 3.57. The second-order valence-electron chi connectivity index (χ2n) is 5.60. The van der Waals surface area contributed by atoms with Gasteiger partial charge in [0, 0.05) is 18.2 Å². The molecular weight excluding hydrogens is 358 g/mol. The van der Waals surface area contributed by atoms with Gasteiger partial charge < -0.3 is 14.6 Å². The minimum atomic E-state index is -1.22. The Morgan fingerprint density at radius 3 is 1.54 bits per heavy atom. The van der Waals surface area contributed by atoms with Gasteiger partial charge in [-0.05, 0) is 48.5 Å². The quantitative estimate of drug-likeness (QED) is 0.644. The minimum absolute atomic E-state index is 0.266. The zero-order chi connectivity index (χ0) is 19.9. The molecule has 28 heavy (non-hydrogen) atoms. The van der Waals surface area contributed by atoms with Crippen LogP contribution in [0.15, 0.2) is 66.7 Å². The molecule has 2 N–H and O–H groups in total. The highest BCUT2D eigenvalue weighted by Gasteiger charge is 2.08. The fourth-order valence-corrected chi connectivity index (χ4v) is 2.35. The Balaban J connectivity index is 1.87. The smallest absolute Gasteiger partial charge is 0.409 e.